The molecule has 28 nitrogen and oxygen atoms in total. The minimum Gasteiger partial charge on any atom is -0.508 e. The first-order valence-electron chi connectivity index (χ1n) is 27.0. The zero-order valence-electron chi connectivity index (χ0n) is 46.9. The van der Waals surface area contributed by atoms with Gasteiger partial charge in [0.15, 0.2) is 11.9 Å². The number of hydrogen-bond donors (Lipinski definition) is 16. The summed E-state index contributed by atoms with van der Waals surface area (Å²) in [6.07, 6.45) is -0.795. The van der Waals surface area contributed by atoms with Gasteiger partial charge in [-0.3, -0.25) is 57.9 Å². The Morgan fingerprint density at radius 3 is 1.25 bits per heavy atom. The zero-order chi connectivity index (χ0) is 61.6. The average molecular weight is 1160 g/mol. The number of nitrogens with two attached hydrogens (primary N) is 7. The van der Waals surface area contributed by atoms with E-state index in [0.717, 1.165) is 0 Å². The van der Waals surface area contributed by atoms with Crippen molar-refractivity contribution < 1.29 is 53.1 Å². The summed E-state index contributed by atoms with van der Waals surface area (Å²) in [7, 11) is 0. The molecule has 8 atom stereocenters. The third-order valence-electron chi connectivity index (χ3n) is 12.5. The highest BCUT2D eigenvalue weighted by Gasteiger charge is 2.35. The molecule has 3 rings (SSSR count). The second-order valence-electron chi connectivity index (χ2n) is 20.1. The maximum atomic E-state index is 14.6. The summed E-state index contributed by atoms with van der Waals surface area (Å²) in [5, 5.41) is 30.9. The van der Waals surface area contributed by atoms with Crippen LogP contribution < -0.4 is 82.7 Å². The molecule has 0 aromatic heterocycles. The number of aliphatic imine (C=N–C) groups is 2. The van der Waals surface area contributed by atoms with E-state index in [1.54, 1.807) is 72.8 Å². The number of hydrogen-bond acceptors (Lipinski definition) is 14. The van der Waals surface area contributed by atoms with Crippen LogP contribution in [0.4, 0.5) is 0 Å². The minimum absolute atomic E-state index is 0.00471. The van der Waals surface area contributed by atoms with Crippen molar-refractivity contribution in [2.45, 2.75) is 133 Å². The molecule has 0 unspecified atom stereocenters. The molecule has 0 spiro atoms. The number of nitrogens with zero attached hydrogens (tertiary/aromatic N) is 2. The van der Waals surface area contributed by atoms with Crippen molar-refractivity contribution in [1.82, 2.24) is 42.5 Å². The molecule has 0 heterocycles. The monoisotopic (exact) mass is 1160 g/mol. The number of guanidine groups is 2. The number of rotatable bonds is 36. The summed E-state index contributed by atoms with van der Waals surface area (Å²) in [4.78, 5) is 144. The number of aromatic hydroxyl groups is 1. The molecule has 0 saturated carbocycles. The van der Waals surface area contributed by atoms with E-state index in [9.17, 15) is 53.1 Å². The molecule has 0 aliphatic carbocycles. The third-order valence-corrected chi connectivity index (χ3v) is 12.5. The SMILES string of the molecule is CC(C)C[C@H](NC(=O)[C@H](Cc1ccccc1)NC(=O)[C@H](Cc1ccc(O)cc1)NC(=O)CCN)C(=O)N[C@@H](Cc1ccccc1)C(=O)N[C@@H](CCCN=C(N)N)C(=O)N[C@@H](C)C(=O)N[C@@H](CCCN=C(N)N)C(=O)N[C@@H](CC(N)=O)C(N)=O. The number of phenols is 1. The van der Waals surface area contributed by atoms with Gasteiger partial charge in [0, 0.05) is 45.3 Å². The van der Waals surface area contributed by atoms with Crippen molar-refractivity contribution in [3.05, 3.63) is 102 Å². The first-order chi connectivity index (χ1) is 39.3. The van der Waals surface area contributed by atoms with E-state index in [1.807, 2.05) is 13.8 Å². The lowest BCUT2D eigenvalue weighted by Crippen LogP contribution is -2.60. The van der Waals surface area contributed by atoms with Gasteiger partial charge in [-0.25, -0.2) is 0 Å². The van der Waals surface area contributed by atoms with Gasteiger partial charge in [0.05, 0.1) is 6.42 Å². The van der Waals surface area contributed by atoms with Crippen LogP contribution in [0.5, 0.6) is 5.75 Å². The topological polar surface area (TPSA) is 494 Å². The standard InChI is InChI=1S/C55H81N17O11/c1-31(2)26-40(70-53(83)43(28-34-14-8-5-9-15-34)72-51(81)41(66-45(75)22-23-56)29-35-18-20-36(73)21-19-35)50(80)71-42(27-33-12-6-4-7-13-33)52(82)68-37(16-10-24-63-54(59)60)48(78)65-32(3)47(77)67-38(17-11-25-64-55(61)62)49(79)69-39(46(58)76)30-44(57)74/h4-9,12-15,18-21,31-32,37-43,73H,10-11,16-17,22-30,56H2,1-3H3,(H2,57,74)(H2,58,76)(H,65,78)(H,66,75)(H,67,77)(H,68,82)(H,69,79)(H,70,83)(H,71,80)(H,72,81)(H4,59,60,63)(H4,61,62,64)/t32-,37-,38-,39-,40-,41-,42-,43-/m0/s1. The number of carbonyl (C=O) groups excluding carboxylic acids is 10. The quantitative estimate of drug-likeness (QED) is 0.0151. The summed E-state index contributed by atoms with van der Waals surface area (Å²) in [6.45, 7) is 4.98. The van der Waals surface area contributed by atoms with Crippen LogP contribution in [0, 0.1) is 5.92 Å². The van der Waals surface area contributed by atoms with Gasteiger partial charge in [0.1, 0.15) is 54.1 Å². The van der Waals surface area contributed by atoms with Crippen LogP contribution in [0.1, 0.15) is 82.4 Å². The van der Waals surface area contributed by atoms with Crippen molar-refractivity contribution in [1.29, 1.82) is 0 Å². The lowest BCUT2D eigenvalue weighted by atomic mass is 9.99. The molecule has 28 heteroatoms. The maximum absolute atomic E-state index is 14.6. The molecule has 0 aliphatic heterocycles. The Morgan fingerprint density at radius 2 is 0.831 bits per heavy atom. The van der Waals surface area contributed by atoms with Crippen LogP contribution in [0.25, 0.3) is 0 Å². The number of nitrogens with one attached hydrogen (secondary N) is 8. The van der Waals surface area contributed by atoms with Gasteiger partial charge in [-0.2, -0.15) is 0 Å². The van der Waals surface area contributed by atoms with Gasteiger partial charge in [-0.05, 0) is 73.8 Å². The summed E-state index contributed by atoms with van der Waals surface area (Å²) in [6, 6.07) is 12.5. The maximum Gasteiger partial charge on any atom is 0.243 e. The summed E-state index contributed by atoms with van der Waals surface area (Å²) in [5.41, 5.74) is 40.0. The highest BCUT2D eigenvalue weighted by Crippen LogP contribution is 2.15. The Labute approximate surface area is 481 Å². The molecule has 0 saturated heterocycles. The highest BCUT2D eigenvalue weighted by molar-refractivity contribution is 5.98. The van der Waals surface area contributed by atoms with E-state index < -0.39 is 114 Å². The molecule has 3 aromatic carbocycles. The van der Waals surface area contributed by atoms with Crippen LogP contribution in [-0.2, 0) is 67.2 Å². The van der Waals surface area contributed by atoms with Crippen molar-refractivity contribution in [3.8, 4) is 5.75 Å². The normalized spacial score (nSPS) is 13.7. The fraction of sp³-hybridized carbons (Fsp3) is 0.455. The first-order valence-corrected chi connectivity index (χ1v) is 27.0. The number of amides is 10. The van der Waals surface area contributed by atoms with Crippen LogP contribution in [0.2, 0.25) is 0 Å². The number of phenolic OH excluding ortho intramolecular Hbond substituents is 1. The van der Waals surface area contributed by atoms with E-state index in [2.05, 4.69) is 52.5 Å². The van der Waals surface area contributed by atoms with Crippen LogP contribution in [0.15, 0.2) is 94.9 Å². The molecule has 0 radical (unpaired) electrons. The Hall–Kier alpha value is -9.34. The zero-order valence-corrected chi connectivity index (χ0v) is 46.9. The van der Waals surface area contributed by atoms with Gasteiger partial charge in [-0.15, -0.1) is 0 Å². The Balaban J connectivity index is 1.96. The predicted octanol–water partition coefficient (Wildman–Crippen LogP) is -3.82. The van der Waals surface area contributed by atoms with E-state index in [-0.39, 0.29) is 101 Å². The average Bonchev–Trinajstić information content (AvgIpc) is 3.55. The van der Waals surface area contributed by atoms with Crippen molar-refractivity contribution in [2.75, 3.05) is 19.6 Å². The van der Waals surface area contributed by atoms with Crippen LogP contribution >= 0.6 is 0 Å². The second-order valence-corrected chi connectivity index (χ2v) is 20.1. The molecule has 0 fully saturated rings. The molecular formula is C55H81N17O11. The molecule has 0 aliphatic rings. The summed E-state index contributed by atoms with van der Waals surface area (Å²) in [5.74, 6) is -9.05. The summed E-state index contributed by atoms with van der Waals surface area (Å²) >= 11 is 0. The Bertz CT molecular complexity index is 2710. The fourth-order valence-corrected chi connectivity index (χ4v) is 8.30. The Kier molecular flexibility index (Phi) is 29.0. The molecule has 452 valence electrons. The van der Waals surface area contributed by atoms with Crippen molar-refractivity contribution in [3.63, 3.8) is 0 Å². The van der Waals surface area contributed by atoms with Gasteiger partial charge in [0.2, 0.25) is 59.1 Å². The molecule has 23 N–H and O–H groups in total. The lowest BCUT2D eigenvalue weighted by Gasteiger charge is -2.28. The third kappa shape index (κ3) is 26.2. The smallest absolute Gasteiger partial charge is 0.243 e. The number of carbonyl (C=O) groups is 10. The first kappa shape index (κ1) is 67.9. The highest BCUT2D eigenvalue weighted by atomic mass is 16.3. The predicted molar refractivity (Wildman–Crippen MR) is 309 cm³/mol. The number of primary amides is 2. The molecule has 3 aromatic rings. The Morgan fingerprint density at radius 1 is 0.458 bits per heavy atom. The minimum atomic E-state index is -1.52. The lowest BCUT2D eigenvalue weighted by molar-refractivity contribution is -0.136. The van der Waals surface area contributed by atoms with Gasteiger partial charge >= 0.3 is 0 Å². The van der Waals surface area contributed by atoms with E-state index in [4.69, 9.17) is 40.1 Å². The number of benzene rings is 3. The largest absolute Gasteiger partial charge is 0.508 e. The van der Waals surface area contributed by atoms with Gasteiger partial charge in [-0.1, -0.05) is 86.6 Å². The van der Waals surface area contributed by atoms with Gasteiger partial charge < -0.3 is 87.8 Å². The fourth-order valence-electron chi connectivity index (χ4n) is 8.30. The van der Waals surface area contributed by atoms with Crippen LogP contribution in [-0.4, -0.2) is 144 Å². The van der Waals surface area contributed by atoms with Crippen LogP contribution in [0.3, 0.4) is 0 Å². The van der Waals surface area contributed by atoms with Gasteiger partial charge in [0.25, 0.3) is 0 Å². The van der Waals surface area contributed by atoms with E-state index >= 15 is 0 Å². The van der Waals surface area contributed by atoms with E-state index in [1.165, 1.54) is 19.1 Å². The molecule has 10 amide bonds. The molecule has 0 bridgehead atoms. The molecular weight excluding hydrogens is 1070 g/mol. The second kappa shape index (κ2) is 35.4. The van der Waals surface area contributed by atoms with Crippen molar-refractivity contribution in [2.24, 2.45) is 56.0 Å². The van der Waals surface area contributed by atoms with E-state index in [0.29, 0.717) is 16.7 Å². The van der Waals surface area contributed by atoms with Crippen molar-refractivity contribution >= 4 is 71.0 Å². The molecule has 83 heavy (non-hydrogen) atoms. The summed E-state index contributed by atoms with van der Waals surface area (Å²) < 4.78 is 0.